The summed E-state index contributed by atoms with van der Waals surface area (Å²) in [6, 6.07) is 41.2. The normalized spacial score (nSPS) is 12.4. The molecule has 0 N–H and O–H groups in total. The van der Waals surface area contributed by atoms with Crippen molar-refractivity contribution < 1.29 is 0 Å². The van der Waals surface area contributed by atoms with Gasteiger partial charge in [-0.1, -0.05) is 85.5 Å². The van der Waals surface area contributed by atoms with Crippen molar-refractivity contribution in [2.75, 3.05) is 7.05 Å². The smallest absolute Gasteiger partial charge is 0.150 e. The van der Waals surface area contributed by atoms with Crippen LogP contribution in [0.3, 0.4) is 0 Å². The molecule has 0 atom stereocenters. The van der Waals surface area contributed by atoms with E-state index in [9.17, 15) is 0 Å². The van der Waals surface area contributed by atoms with E-state index in [1.54, 1.807) is 11.3 Å². The van der Waals surface area contributed by atoms with Gasteiger partial charge < -0.3 is 4.57 Å². The molecule has 0 amide bonds. The van der Waals surface area contributed by atoms with E-state index in [0.29, 0.717) is 0 Å². The molecule has 3 heterocycles. The lowest BCUT2D eigenvalue weighted by Gasteiger charge is -2.11. The van der Waals surface area contributed by atoms with E-state index < -0.39 is 0 Å². The molecule has 3 nitrogen and oxygen atoms in total. The molecule has 0 bridgehead atoms. The minimum atomic E-state index is 0.937. The Morgan fingerprint density at radius 3 is 1.68 bits per heavy atom. The van der Waals surface area contributed by atoms with Gasteiger partial charge in [-0.05, 0) is 42.5 Å². The zero-order valence-electron chi connectivity index (χ0n) is 22.0. The summed E-state index contributed by atoms with van der Waals surface area (Å²) in [5, 5.41) is 6.18. The fraction of sp³-hybridized carbons (Fsp3) is 0.0278. The number of rotatable bonds is 3. The maximum Gasteiger partial charge on any atom is 0.150 e. The third-order valence-electron chi connectivity index (χ3n) is 7.96. The van der Waals surface area contributed by atoms with Gasteiger partial charge in [0.25, 0.3) is 0 Å². The predicted octanol–water partition coefficient (Wildman–Crippen LogP) is 9.67. The van der Waals surface area contributed by atoms with Crippen LogP contribution in [0.15, 0.2) is 127 Å². The largest absolute Gasteiger partial charge is 0.309 e. The molecule has 3 aromatic heterocycles. The van der Waals surface area contributed by atoms with Crippen LogP contribution in [-0.4, -0.2) is 22.0 Å². The molecule has 0 spiro atoms. The molecule has 5 aromatic carbocycles. The molecule has 0 unspecified atom stereocenters. The first-order chi connectivity index (χ1) is 19.8. The molecular weight excluding hydrogens is 506 g/mol. The number of benzene rings is 5. The first-order valence-electron chi connectivity index (χ1n) is 13.4. The van der Waals surface area contributed by atoms with Gasteiger partial charge in [-0.2, -0.15) is 0 Å². The van der Waals surface area contributed by atoms with Gasteiger partial charge in [0.2, 0.25) is 0 Å². The number of aromatic nitrogens is 2. The first kappa shape index (κ1) is 23.0. The summed E-state index contributed by atoms with van der Waals surface area (Å²) in [5.74, 6) is 0.937. The monoisotopic (exact) mass is 531 g/mol. The Kier molecular flexibility index (Phi) is 5.06. The van der Waals surface area contributed by atoms with Gasteiger partial charge in [0, 0.05) is 49.9 Å². The van der Waals surface area contributed by atoms with Crippen molar-refractivity contribution in [2.45, 2.75) is 0 Å². The number of aliphatic imine (C=N–C) groups is 1. The fourth-order valence-corrected chi connectivity index (χ4v) is 7.48. The Morgan fingerprint density at radius 2 is 1.15 bits per heavy atom. The quantitative estimate of drug-likeness (QED) is 0.160. The highest BCUT2D eigenvalue weighted by molar-refractivity contribution is 7.21. The van der Waals surface area contributed by atoms with Gasteiger partial charge in [0.15, 0.2) is 5.84 Å². The Morgan fingerprint density at radius 1 is 0.650 bits per heavy atom. The molecule has 8 rings (SSSR count). The average molecular weight is 532 g/mol. The van der Waals surface area contributed by atoms with Crippen LogP contribution in [0.1, 0.15) is 10.4 Å². The van der Waals surface area contributed by atoms with Crippen molar-refractivity contribution in [1.29, 1.82) is 0 Å². The van der Waals surface area contributed by atoms with Crippen LogP contribution in [-0.2, 0) is 0 Å². The third-order valence-corrected chi connectivity index (χ3v) is 9.14. The number of thiophene rings is 1. The van der Waals surface area contributed by atoms with Crippen molar-refractivity contribution in [3.05, 3.63) is 132 Å². The van der Waals surface area contributed by atoms with Crippen LogP contribution in [0.5, 0.6) is 0 Å². The van der Waals surface area contributed by atoms with Gasteiger partial charge in [-0.3, -0.25) is 9.56 Å². The minimum Gasteiger partial charge on any atom is -0.309 e. The van der Waals surface area contributed by atoms with E-state index in [1.165, 1.54) is 42.7 Å². The van der Waals surface area contributed by atoms with E-state index in [4.69, 9.17) is 4.99 Å². The summed E-state index contributed by atoms with van der Waals surface area (Å²) in [5.41, 5.74) is 6.99. The van der Waals surface area contributed by atoms with Gasteiger partial charge in [0.05, 0.1) is 26.9 Å². The Balaban J connectivity index is 1.39. The Labute approximate surface area is 235 Å². The van der Waals surface area contributed by atoms with E-state index in [2.05, 4.69) is 131 Å². The maximum atomic E-state index is 4.90. The van der Waals surface area contributed by atoms with Crippen molar-refractivity contribution in [1.82, 2.24) is 9.13 Å². The zero-order chi connectivity index (χ0) is 26.8. The van der Waals surface area contributed by atoms with Gasteiger partial charge in [-0.15, -0.1) is 11.3 Å². The summed E-state index contributed by atoms with van der Waals surface area (Å²) >= 11 is 1.78. The lowest BCUT2D eigenvalue weighted by Crippen LogP contribution is -2.12. The number of hydrogen-bond donors (Lipinski definition) is 0. The summed E-state index contributed by atoms with van der Waals surface area (Å²) in [7, 11) is 1.89. The lowest BCUT2D eigenvalue weighted by molar-refractivity contribution is 1.19. The van der Waals surface area contributed by atoms with Crippen LogP contribution in [0.4, 0.5) is 0 Å². The first-order valence-corrected chi connectivity index (χ1v) is 14.2. The van der Waals surface area contributed by atoms with Crippen LogP contribution in [0, 0.1) is 0 Å². The second-order valence-corrected chi connectivity index (χ2v) is 11.1. The number of nitrogens with zero attached hydrogens (tertiary/aromatic N) is 3. The van der Waals surface area contributed by atoms with E-state index >= 15 is 0 Å². The topological polar surface area (TPSA) is 22.2 Å². The second-order valence-electron chi connectivity index (χ2n) is 10.0. The molecular formula is C36H25N3S. The Hall–Kier alpha value is -4.93. The third kappa shape index (κ3) is 3.14. The van der Waals surface area contributed by atoms with Gasteiger partial charge in [-0.25, -0.2) is 0 Å². The van der Waals surface area contributed by atoms with E-state index in [0.717, 1.165) is 33.0 Å². The average Bonchev–Trinajstić information content (AvgIpc) is 3.65. The molecule has 4 heteroatoms. The van der Waals surface area contributed by atoms with Crippen LogP contribution >= 0.6 is 11.3 Å². The number of fused-ring (bicyclic) bond motifs is 7. The van der Waals surface area contributed by atoms with E-state index in [1.807, 2.05) is 13.1 Å². The zero-order valence-corrected chi connectivity index (χ0v) is 22.8. The predicted molar refractivity (Wildman–Crippen MR) is 174 cm³/mol. The second kappa shape index (κ2) is 8.80. The fourth-order valence-electron chi connectivity index (χ4n) is 6.27. The minimum absolute atomic E-state index is 0.937. The highest BCUT2D eigenvalue weighted by atomic mass is 32.1. The standard InChI is InChI=1S/C36H25N3S/c1-3-24-29-22-23(38-30-16-8-4-12-25(30)26-13-5-9-17-31(26)38)20-21-34(29)40-35(24)36(37-2)39-32-18-10-6-14-27(32)28-15-7-11-19-33(28)39/h3-22H,1H2,2H3. The summed E-state index contributed by atoms with van der Waals surface area (Å²) in [4.78, 5) is 6.02. The SMILES string of the molecule is C=Cc1c(C(=NC)n2c3ccccc3c3ccccc32)sc2ccc(-n3c4ccccc4c4ccccc43)cc12. The Bertz CT molecular complexity index is 2200. The van der Waals surface area contributed by atoms with Crippen molar-refractivity contribution in [3.8, 4) is 5.69 Å². The lowest BCUT2D eigenvalue weighted by atomic mass is 10.1. The van der Waals surface area contributed by atoms with Gasteiger partial charge >= 0.3 is 0 Å². The van der Waals surface area contributed by atoms with Crippen molar-refractivity contribution >= 4 is 76.9 Å². The summed E-state index contributed by atoms with van der Waals surface area (Å²) < 4.78 is 5.89. The van der Waals surface area contributed by atoms with Crippen molar-refractivity contribution in [2.24, 2.45) is 4.99 Å². The van der Waals surface area contributed by atoms with Gasteiger partial charge in [0.1, 0.15) is 0 Å². The molecule has 0 radical (unpaired) electrons. The van der Waals surface area contributed by atoms with Crippen LogP contribution in [0.2, 0.25) is 0 Å². The highest BCUT2D eigenvalue weighted by Gasteiger charge is 2.21. The molecule has 0 fully saturated rings. The molecule has 0 aliphatic heterocycles. The molecule has 0 aliphatic rings. The number of para-hydroxylation sites is 4. The number of hydrogen-bond acceptors (Lipinski definition) is 2. The molecule has 190 valence electrons. The van der Waals surface area contributed by atoms with E-state index in [-0.39, 0.29) is 0 Å². The highest BCUT2D eigenvalue weighted by Crippen LogP contribution is 2.39. The van der Waals surface area contributed by atoms with Crippen LogP contribution < -0.4 is 0 Å². The molecule has 0 aliphatic carbocycles. The summed E-state index contributed by atoms with van der Waals surface area (Å²) in [6.45, 7) is 4.26. The maximum absolute atomic E-state index is 4.90. The van der Waals surface area contributed by atoms with Crippen LogP contribution in [0.25, 0.3) is 65.5 Å². The molecule has 0 saturated carbocycles. The molecule has 0 saturated heterocycles. The molecule has 40 heavy (non-hydrogen) atoms. The summed E-state index contributed by atoms with van der Waals surface area (Å²) in [6.07, 6.45) is 1.99. The molecule has 8 aromatic rings. The van der Waals surface area contributed by atoms with Crippen molar-refractivity contribution in [3.63, 3.8) is 0 Å².